The Balaban J connectivity index is 1.99. The van der Waals surface area contributed by atoms with Crippen molar-refractivity contribution < 1.29 is 19.1 Å². The molecular weight excluding hydrogens is 296 g/mol. The molecule has 21 heavy (non-hydrogen) atoms. The molecule has 1 unspecified atom stereocenters. The lowest BCUT2D eigenvalue weighted by atomic mass is 10.2. The lowest BCUT2D eigenvalue weighted by molar-refractivity contribution is -0.117. The Hall–Kier alpha value is -2.47. The van der Waals surface area contributed by atoms with E-state index in [2.05, 4.69) is 10.6 Å². The summed E-state index contributed by atoms with van der Waals surface area (Å²) in [5.41, 5.74) is 0.173. The number of hydrogen-bond acceptors (Lipinski definition) is 4. The maximum absolute atomic E-state index is 12.0. The number of rotatable bonds is 4. The first kappa shape index (κ1) is 14.9. The highest BCUT2D eigenvalue weighted by molar-refractivity contribution is 6.31. The number of phenolic OH excluding ortho intramolecular Hbond substituents is 1. The van der Waals surface area contributed by atoms with Crippen molar-refractivity contribution >= 4 is 29.1 Å². The molecule has 1 aromatic carbocycles. The number of hydrogen-bond donors (Lipinski definition) is 3. The molecule has 1 heterocycles. The van der Waals surface area contributed by atoms with Crippen molar-refractivity contribution in [3.05, 3.63) is 47.4 Å². The van der Waals surface area contributed by atoms with E-state index in [0.717, 1.165) is 0 Å². The Kier molecular flexibility index (Phi) is 4.49. The van der Waals surface area contributed by atoms with Crippen LogP contribution in [0.4, 0.5) is 5.69 Å². The predicted octanol–water partition coefficient (Wildman–Crippen LogP) is 2.40. The summed E-state index contributed by atoms with van der Waals surface area (Å²) in [5, 5.41) is 15.0. The van der Waals surface area contributed by atoms with Gasteiger partial charge in [0.25, 0.3) is 5.91 Å². The van der Waals surface area contributed by atoms with Crippen LogP contribution in [0.2, 0.25) is 5.02 Å². The molecular formula is C14H13ClN2O4. The average Bonchev–Trinajstić information content (AvgIpc) is 2.97. The summed E-state index contributed by atoms with van der Waals surface area (Å²) in [6.07, 6.45) is 1.36. The number of aromatic hydroxyl groups is 1. The van der Waals surface area contributed by atoms with Gasteiger partial charge in [0, 0.05) is 5.02 Å². The number of halogens is 1. The van der Waals surface area contributed by atoms with Crippen molar-refractivity contribution in [2.24, 2.45) is 0 Å². The number of nitrogens with one attached hydrogen (secondary N) is 2. The molecule has 0 saturated carbocycles. The van der Waals surface area contributed by atoms with Crippen LogP contribution in [0, 0.1) is 0 Å². The second-order valence-electron chi connectivity index (χ2n) is 4.32. The van der Waals surface area contributed by atoms with E-state index < -0.39 is 17.9 Å². The molecule has 0 aliphatic carbocycles. The van der Waals surface area contributed by atoms with Crippen molar-refractivity contribution in [2.75, 3.05) is 5.32 Å². The van der Waals surface area contributed by atoms with Gasteiger partial charge in [0.1, 0.15) is 11.8 Å². The first-order valence-corrected chi connectivity index (χ1v) is 6.49. The average molecular weight is 309 g/mol. The molecule has 7 heteroatoms. The Labute approximate surface area is 125 Å². The topological polar surface area (TPSA) is 91.6 Å². The Morgan fingerprint density at radius 3 is 2.76 bits per heavy atom. The van der Waals surface area contributed by atoms with Gasteiger partial charge in [-0.05, 0) is 37.3 Å². The number of carbonyl (C=O) groups is 2. The predicted molar refractivity (Wildman–Crippen MR) is 77.4 cm³/mol. The molecule has 0 spiro atoms. The minimum absolute atomic E-state index is 0.111. The van der Waals surface area contributed by atoms with Crippen LogP contribution in [0.15, 0.2) is 41.0 Å². The van der Waals surface area contributed by atoms with E-state index in [9.17, 15) is 14.7 Å². The molecule has 0 bridgehead atoms. The van der Waals surface area contributed by atoms with Crippen LogP contribution in [0.25, 0.3) is 0 Å². The summed E-state index contributed by atoms with van der Waals surface area (Å²) in [7, 11) is 0. The van der Waals surface area contributed by atoms with Gasteiger partial charge in [-0.3, -0.25) is 9.59 Å². The van der Waals surface area contributed by atoms with Gasteiger partial charge in [-0.2, -0.15) is 0 Å². The van der Waals surface area contributed by atoms with Crippen molar-refractivity contribution in [1.29, 1.82) is 0 Å². The molecule has 0 aliphatic heterocycles. The van der Waals surface area contributed by atoms with Crippen molar-refractivity contribution in [3.63, 3.8) is 0 Å². The van der Waals surface area contributed by atoms with Crippen LogP contribution in [0.1, 0.15) is 17.5 Å². The number of benzene rings is 1. The maximum Gasteiger partial charge on any atom is 0.287 e. The number of furan rings is 1. The zero-order valence-electron chi connectivity index (χ0n) is 11.1. The summed E-state index contributed by atoms with van der Waals surface area (Å²) >= 11 is 5.79. The van der Waals surface area contributed by atoms with E-state index in [1.54, 1.807) is 6.07 Å². The monoisotopic (exact) mass is 308 g/mol. The smallest absolute Gasteiger partial charge is 0.287 e. The molecule has 0 fully saturated rings. The molecule has 1 aromatic heterocycles. The normalized spacial score (nSPS) is 11.7. The maximum atomic E-state index is 12.0. The van der Waals surface area contributed by atoms with Gasteiger partial charge in [0.2, 0.25) is 5.91 Å². The SMILES string of the molecule is CC(NC(=O)c1ccco1)C(=O)Nc1cc(Cl)ccc1O. The van der Waals surface area contributed by atoms with E-state index in [-0.39, 0.29) is 17.2 Å². The van der Waals surface area contributed by atoms with Gasteiger partial charge in [-0.15, -0.1) is 0 Å². The van der Waals surface area contributed by atoms with E-state index in [1.165, 1.54) is 37.5 Å². The van der Waals surface area contributed by atoms with E-state index in [4.69, 9.17) is 16.0 Å². The molecule has 0 saturated heterocycles. The fourth-order valence-electron chi connectivity index (χ4n) is 1.59. The molecule has 2 amide bonds. The summed E-state index contributed by atoms with van der Waals surface area (Å²) in [6.45, 7) is 1.51. The Morgan fingerprint density at radius 1 is 1.33 bits per heavy atom. The van der Waals surface area contributed by atoms with Crippen LogP contribution in [-0.4, -0.2) is 23.0 Å². The van der Waals surface area contributed by atoms with Gasteiger partial charge in [0.15, 0.2) is 5.76 Å². The molecule has 3 N–H and O–H groups in total. The highest BCUT2D eigenvalue weighted by Gasteiger charge is 2.19. The summed E-state index contributed by atoms with van der Waals surface area (Å²) in [6, 6.07) is 6.52. The first-order chi connectivity index (χ1) is 9.97. The van der Waals surface area contributed by atoms with Gasteiger partial charge in [-0.25, -0.2) is 0 Å². The van der Waals surface area contributed by atoms with Gasteiger partial charge in [-0.1, -0.05) is 11.6 Å². The second kappa shape index (κ2) is 6.32. The largest absolute Gasteiger partial charge is 0.506 e. The van der Waals surface area contributed by atoms with Crippen LogP contribution in [0.5, 0.6) is 5.75 Å². The molecule has 110 valence electrons. The lowest BCUT2D eigenvalue weighted by Crippen LogP contribution is -2.41. The molecule has 2 rings (SSSR count). The van der Waals surface area contributed by atoms with Crippen LogP contribution in [0.3, 0.4) is 0 Å². The Bertz CT molecular complexity index is 655. The van der Waals surface area contributed by atoms with Gasteiger partial charge < -0.3 is 20.2 Å². The number of anilines is 1. The first-order valence-electron chi connectivity index (χ1n) is 6.11. The van der Waals surface area contributed by atoms with E-state index >= 15 is 0 Å². The third-order valence-corrected chi connectivity index (χ3v) is 2.94. The molecule has 2 aromatic rings. The van der Waals surface area contributed by atoms with Crippen molar-refractivity contribution in [3.8, 4) is 5.75 Å². The van der Waals surface area contributed by atoms with E-state index in [0.29, 0.717) is 5.02 Å². The standard InChI is InChI=1S/C14H13ClN2O4/c1-8(16-14(20)12-3-2-6-21-12)13(19)17-10-7-9(15)4-5-11(10)18/h2-8,18H,1H3,(H,16,20)(H,17,19). The van der Waals surface area contributed by atoms with Crippen LogP contribution < -0.4 is 10.6 Å². The lowest BCUT2D eigenvalue weighted by Gasteiger charge is -2.14. The zero-order valence-corrected chi connectivity index (χ0v) is 11.8. The summed E-state index contributed by atoms with van der Waals surface area (Å²) in [5.74, 6) is -0.997. The summed E-state index contributed by atoms with van der Waals surface area (Å²) < 4.78 is 4.93. The van der Waals surface area contributed by atoms with Crippen molar-refractivity contribution in [2.45, 2.75) is 13.0 Å². The van der Waals surface area contributed by atoms with Crippen LogP contribution >= 0.6 is 11.6 Å². The fourth-order valence-corrected chi connectivity index (χ4v) is 1.76. The number of phenols is 1. The summed E-state index contributed by atoms with van der Waals surface area (Å²) in [4.78, 5) is 23.7. The molecule has 6 nitrogen and oxygen atoms in total. The highest BCUT2D eigenvalue weighted by atomic mass is 35.5. The van der Waals surface area contributed by atoms with Gasteiger partial charge >= 0.3 is 0 Å². The van der Waals surface area contributed by atoms with Crippen LogP contribution in [-0.2, 0) is 4.79 Å². The van der Waals surface area contributed by atoms with Gasteiger partial charge in [0.05, 0.1) is 12.0 Å². The Morgan fingerprint density at radius 2 is 2.10 bits per heavy atom. The minimum atomic E-state index is -0.819. The molecule has 0 radical (unpaired) electrons. The van der Waals surface area contributed by atoms with Crippen molar-refractivity contribution in [1.82, 2.24) is 5.32 Å². The third kappa shape index (κ3) is 3.76. The third-order valence-electron chi connectivity index (χ3n) is 2.70. The fraction of sp³-hybridized carbons (Fsp3) is 0.143. The number of amides is 2. The van der Waals surface area contributed by atoms with E-state index in [1.807, 2.05) is 0 Å². The molecule has 1 atom stereocenters. The minimum Gasteiger partial charge on any atom is -0.506 e. The molecule has 0 aliphatic rings. The highest BCUT2D eigenvalue weighted by Crippen LogP contribution is 2.26. The quantitative estimate of drug-likeness (QED) is 0.756. The zero-order chi connectivity index (χ0) is 15.4. The number of carbonyl (C=O) groups excluding carboxylic acids is 2. The second-order valence-corrected chi connectivity index (χ2v) is 4.76.